The van der Waals surface area contributed by atoms with Crippen molar-refractivity contribution in [2.24, 2.45) is 15.6 Å². The summed E-state index contributed by atoms with van der Waals surface area (Å²) in [6, 6.07) is 7.77. The smallest absolute Gasteiger partial charge is 0.359 e. The summed E-state index contributed by atoms with van der Waals surface area (Å²) in [6.45, 7) is 1.76. The van der Waals surface area contributed by atoms with Crippen molar-refractivity contribution in [1.82, 2.24) is 4.90 Å². The number of benzene rings is 2. The summed E-state index contributed by atoms with van der Waals surface area (Å²) in [5, 5.41) is 3.69. The molecule has 4 nitrogen and oxygen atoms in total. The second-order valence-electron chi connectivity index (χ2n) is 9.60. The second-order valence-corrected chi connectivity index (χ2v) is 9.60. The molecule has 2 aliphatic heterocycles. The van der Waals surface area contributed by atoms with Crippen molar-refractivity contribution in [1.29, 1.82) is 0 Å². The van der Waals surface area contributed by atoms with Crippen LogP contribution >= 0.6 is 0 Å². The van der Waals surface area contributed by atoms with Gasteiger partial charge in [-0.05, 0) is 55.5 Å². The Labute approximate surface area is 209 Å². The van der Waals surface area contributed by atoms with Crippen LogP contribution in [-0.2, 0) is 4.84 Å². The van der Waals surface area contributed by atoms with Crippen LogP contribution in [0.2, 0.25) is 0 Å². The van der Waals surface area contributed by atoms with E-state index in [-0.39, 0.29) is 17.1 Å². The molecule has 0 bridgehead atoms. The van der Waals surface area contributed by atoms with Crippen LogP contribution < -0.4 is 0 Å². The van der Waals surface area contributed by atoms with Crippen molar-refractivity contribution in [3.8, 4) is 0 Å². The Kier molecular flexibility index (Phi) is 6.16. The fourth-order valence-corrected chi connectivity index (χ4v) is 5.00. The Hall–Kier alpha value is -3.56. The Morgan fingerprint density at radius 2 is 1.78 bits per heavy atom. The molecule has 194 valence electrons. The highest BCUT2D eigenvalue weighted by atomic mass is 19.4. The van der Waals surface area contributed by atoms with Crippen molar-refractivity contribution >= 4 is 17.1 Å². The van der Waals surface area contributed by atoms with Crippen molar-refractivity contribution in [2.45, 2.75) is 44.6 Å². The SMILES string of the molecule is CN1C(C2(C)C=CC(c3ccc(C4CCC(c5c(F)cccc5F)=N4)c(F)c3)=CC2)=NOC1C(F)(F)F. The molecule has 0 spiro atoms. The van der Waals surface area contributed by atoms with Crippen LogP contribution in [0.15, 0.2) is 64.8 Å². The average molecular weight is 519 g/mol. The molecule has 3 aliphatic rings. The standard InChI is InChI=1S/C27H23F6N3O/c1-26(24-35-37-25(36(24)2)27(31,32)33)12-10-15(11-13-26)16-6-7-17(20(30)14-16)21-8-9-22(34-21)23-18(28)4-3-5-19(23)29/h3-7,10-12,14,21,25H,8-9,13H2,1-2H3. The Balaban J connectivity index is 1.32. The Morgan fingerprint density at radius 1 is 1.05 bits per heavy atom. The van der Waals surface area contributed by atoms with E-state index < -0.39 is 41.3 Å². The van der Waals surface area contributed by atoms with Crippen LogP contribution in [0.3, 0.4) is 0 Å². The highest BCUT2D eigenvalue weighted by Crippen LogP contribution is 2.40. The summed E-state index contributed by atoms with van der Waals surface area (Å²) in [4.78, 5) is 10.0. The number of oxime groups is 1. The number of hydrogen-bond acceptors (Lipinski definition) is 4. The zero-order valence-electron chi connectivity index (χ0n) is 20.0. The predicted octanol–water partition coefficient (Wildman–Crippen LogP) is 6.94. The van der Waals surface area contributed by atoms with Gasteiger partial charge in [0.15, 0.2) is 5.84 Å². The minimum Gasteiger partial charge on any atom is -0.359 e. The molecule has 2 aromatic carbocycles. The number of halogens is 6. The van der Waals surface area contributed by atoms with E-state index in [0.717, 1.165) is 4.90 Å². The molecule has 0 aromatic heterocycles. The quantitative estimate of drug-likeness (QED) is 0.411. The number of nitrogens with zero attached hydrogens (tertiary/aromatic N) is 3. The molecule has 0 N–H and O–H groups in total. The molecule has 1 aliphatic carbocycles. The molecule has 10 heteroatoms. The summed E-state index contributed by atoms with van der Waals surface area (Å²) in [5.74, 6) is -1.74. The minimum atomic E-state index is -4.58. The van der Waals surface area contributed by atoms with Gasteiger partial charge in [0.25, 0.3) is 6.23 Å². The average Bonchev–Trinajstić information content (AvgIpc) is 3.47. The minimum absolute atomic E-state index is 0.157. The highest BCUT2D eigenvalue weighted by Gasteiger charge is 2.52. The van der Waals surface area contributed by atoms with Crippen LogP contribution in [0.5, 0.6) is 0 Å². The van der Waals surface area contributed by atoms with Gasteiger partial charge in [0.1, 0.15) is 17.5 Å². The topological polar surface area (TPSA) is 37.2 Å². The van der Waals surface area contributed by atoms with Crippen molar-refractivity contribution in [3.05, 3.63) is 88.8 Å². The maximum Gasteiger partial charge on any atom is 0.448 e. The van der Waals surface area contributed by atoms with Gasteiger partial charge in [-0.1, -0.05) is 41.6 Å². The molecule has 0 amide bonds. The van der Waals surface area contributed by atoms with Gasteiger partial charge < -0.3 is 9.74 Å². The molecule has 5 rings (SSSR count). The number of allylic oxidation sites excluding steroid dienone is 3. The Morgan fingerprint density at radius 3 is 2.38 bits per heavy atom. The first-order valence-electron chi connectivity index (χ1n) is 11.7. The maximum absolute atomic E-state index is 15.1. The van der Waals surface area contributed by atoms with Crippen molar-refractivity contribution < 1.29 is 31.2 Å². The molecule has 2 heterocycles. The Bertz CT molecular complexity index is 1340. The van der Waals surface area contributed by atoms with Gasteiger partial charge in [0, 0.05) is 18.3 Å². The molecule has 3 atom stereocenters. The lowest BCUT2D eigenvalue weighted by molar-refractivity contribution is -0.241. The zero-order valence-corrected chi connectivity index (χ0v) is 20.0. The van der Waals surface area contributed by atoms with Gasteiger partial charge in [-0.25, -0.2) is 13.2 Å². The van der Waals surface area contributed by atoms with E-state index in [1.165, 1.54) is 31.3 Å². The molecule has 0 saturated heterocycles. The first-order chi connectivity index (χ1) is 17.5. The zero-order chi connectivity index (χ0) is 26.5. The fourth-order valence-electron chi connectivity index (χ4n) is 5.00. The lowest BCUT2D eigenvalue weighted by atomic mass is 9.79. The molecular weight excluding hydrogens is 496 g/mol. The molecule has 0 fully saturated rings. The number of alkyl halides is 3. The van der Waals surface area contributed by atoms with Gasteiger partial charge in [-0.2, -0.15) is 13.2 Å². The number of rotatable bonds is 4. The fraction of sp³-hybridized carbons (Fsp3) is 0.333. The lowest BCUT2D eigenvalue weighted by Crippen LogP contribution is -2.47. The van der Waals surface area contributed by atoms with E-state index in [4.69, 9.17) is 0 Å². The normalized spacial score (nSPS) is 25.6. The van der Waals surface area contributed by atoms with Crippen LogP contribution in [0.4, 0.5) is 26.3 Å². The first kappa shape index (κ1) is 25.1. The highest BCUT2D eigenvalue weighted by molar-refractivity contribution is 6.02. The van der Waals surface area contributed by atoms with Crippen LogP contribution in [-0.4, -0.2) is 35.9 Å². The van der Waals surface area contributed by atoms with E-state index in [1.807, 2.05) is 6.08 Å². The van der Waals surface area contributed by atoms with E-state index in [0.29, 0.717) is 36.0 Å². The summed E-state index contributed by atoms with van der Waals surface area (Å²) >= 11 is 0. The number of aliphatic imine (C=N–C) groups is 1. The summed E-state index contributed by atoms with van der Waals surface area (Å²) in [6.07, 6.45) is -0.340. The molecule has 0 radical (unpaired) electrons. The van der Waals surface area contributed by atoms with E-state index in [1.54, 1.807) is 31.2 Å². The first-order valence-corrected chi connectivity index (χ1v) is 11.7. The van der Waals surface area contributed by atoms with Gasteiger partial charge in [0.2, 0.25) is 0 Å². The summed E-state index contributed by atoms with van der Waals surface area (Å²) in [5.41, 5.74) is 0.908. The largest absolute Gasteiger partial charge is 0.448 e. The van der Waals surface area contributed by atoms with E-state index in [9.17, 15) is 22.0 Å². The third-order valence-corrected chi connectivity index (χ3v) is 7.00. The lowest BCUT2D eigenvalue weighted by Gasteiger charge is -2.32. The predicted molar refractivity (Wildman–Crippen MR) is 127 cm³/mol. The van der Waals surface area contributed by atoms with Crippen molar-refractivity contribution in [2.75, 3.05) is 7.05 Å². The summed E-state index contributed by atoms with van der Waals surface area (Å²) < 4.78 is 82.8. The molecule has 2 aromatic rings. The maximum atomic E-state index is 15.1. The van der Waals surface area contributed by atoms with Crippen LogP contribution in [0.25, 0.3) is 5.57 Å². The molecule has 37 heavy (non-hydrogen) atoms. The third kappa shape index (κ3) is 4.53. The molecule has 3 unspecified atom stereocenters. The monoisotopic (exact) mass is 519 g/mol. The van der Waals surface area contributed by atoms with E-state index in [2.05, 4.69) is 15.0 Å². The second kappa shape index (κ2) is 9.08. The molecular formula is C27H23F6N3O. The van der Waals surface area contributed by atoms with Gasteiger partial charge in [-0.3, -0.25) is 4.99 Å². The summed E-state index contributed by atoms with van der Waals surface area (Å²) in [7, 11) is 1.29. The van der Waals surface area contributed by atoms with Gasteiger partial charge in [0.05, 0.1) is 17.0 Å². The molecule has 0 saturated carbocycles. The number of hydrogen-bond donors (Lipinski definition) is 0. The third-order valence-electron chi connectivity index (χ3n) is 7.00. The number of amidine groups is 1. The van der Waals surface area contributed by atoms with Gasteiger partial charge in [-0.15, -0.1) is 0 Å². The van der Waals surface area contributed by atoms with Crippen LogP contribution in [0, 0.1) is 22.9 Å². The van der Waals surface area contributed by atoms with Crippen molar-refractivity contribution in [3.63, 3.8) is 0 Å². The van der Waals surface area contributed by atoms with E-state index >= 15 is 4.39 Å². The van der Waals surface area contributed by atoms with Crippen LogP contribution in [0.1, 0.15) is 48.9 Å². The van der Waals surface area contributed by atoms with Gasteiger partial charge >= 0.3 is 6.18 Å².